The minimum absolute atomic E-state index is 0.465. The van der Waals surface area contributed by atoms with Gasteiger partial charge in [-0.25, -0.2) is 0 Å². The van der Waals surface area contributed by atoms with Crippen molar-refractivity contribution in [3.05, 3.63) is 65.2 Å². The lowest BCUT2D eigenvalue weighted by Crippen LogP contribution is -2.32. The van der Waals surface area contributed by atoms with E-state index in [-0.39, 0.29) is 0 Å². The number of benzene rings is 2. The molecule has 0 aromatic heterocycles. The largest absolute Gasteiger partial charge is 0.497 e. The number of rotatable bonds is 8. The Balaban J connectivity index is 1.98. The molecule has 2 N–H and O–H groups in total. The Hall–Kier alpha value is -1.88. The van der Waals surface area contributed by atoms with Crippen molar-refractivity contribution in [3.8, 4) is 5.75 Å². The van der Waals surface area contributed by atoms with Gasteiger partial charge in [-0.05, 0) is 36.7 Å². The van der Waals surface area contributed by atoms with Gasteiger partial charge in [-0.2, -0.15) is 0 Å². The Kier molecular flexibility index (Phi) is 6.79. The molecule has 2 rings (SSSR count). The maximum atomic E-state index is 10.5. The molecular formula is C20H27NO3. The predicted octanol–water partition coefficient (Wildman–Crippen LogP) is 3.09. The number of hydrogen-bond acceptors (Lipinski definition) is 4. The molecule has 2 atom stereocenters. The van der Waals surface area contributed by atoms with E-state index in [9.17, 15) is 10.2 Å². The summed E-state index contributed by atoms with van der Waals surface area (Å²) >= 11 is 0. The van der Waals surface area contributed by atoms with E-state index in [1.54, 1.807) is 7.11 Å². The van der Waals surface area contributed by atoms with Gasteiger partial charge in [0.15, 0.2) is 0 Å². The number of likely N-dealkylation sites (N-methyl/N-ethyl adjacent to an activating group) is 1. The van der Waals surface area contributed by atoms with Crippen LogP contribution in [0, 0.1) is 6.92 Å². The normalized spacial score (nSPS) is 13.8. The van der Waals surface area contributed by atoms with Crippen LogP contribution < -0.4 is 4.74 Å². The van der Waals surface area contributed by atoms with Crippen LogP contribution in [0.3, 0.4) is 0 Å². The van der Waals surface area contributed by atoms with Crippen molar-refractivity contribution >= 4 is 0 Å². The summed E-state index contributed by atoms with van der Waals surface area (Å²) in [7, 11) is 1.61. The lowest BCUT2D eigenvalue weighted by atomic mass is 10.1. The van der Waals surface area contributed by atoms with Crippen molar-refractivity contribution in [3.63, 3.8) is 0 Å². The highest BCUT2D eigenvalue weighted by Crippen LogP contribution is 2.21. The van der Waals surface area contributed by atoms with Gasteiger partial charge in [-0.1, -0.05) is 48.9 Å². The number of aliphatic hydroxyl groups excluding tert-OH is 2. The van der Waals surface area contributed by atoms with E-state index in [4.69, 9.17) is 4.74 Å². The van der Waals surface area contributed by atoms with Gasteiger partial charge in [0.1, 0.15) is 5.75 Å². The van der Waals surface area contributed by atoms with Crippen molar-refractivity contribution in [1.29, 1.82) is 0 Å². The molecule has 0 saturated heterocycles. The third-order valence-corrected chi connectivity index (χ3v) is 4.25. The maximum absolute atomic E-state index is 10.5. The first-order valence-corrected chi connectivity index (χ1v) is 8.32. The topological polar surface area (TPSA) is 52.9 Å². The molecule has 130 valence electrons. The van der Waals surface area contributed by atoms with Crippen molar-refractivity contribution in [2.45, 2.75) is 26.1 Å². The lowest BCUT2D eigenvalue weighted by Gasteiger charge is -2.26. The number of ether oxygens (including phenoxy) is 1. The molecule has 0 spiro atoms. The first-order valence-electron chi connectivity index (χ1n) is 8.32. The van der Waals surface area contributed by atoms with E-state index in [0.29, 0.717) is 13.1 Å². The van der Waals surface area contributed by atoms with Crippen molar-refractivity contribution in [1.82, 2.24) is 4.90 Å². The highest BCUT2D eigenvalue weighted by molar-refractivity contribution is 5.30. The number of nitrogens with zero attached hydrogens (tertiary/aromatic N) is 1. The summed E-state index contributed by atoms with van der Waals surface area (Å²) in [6.07, 6.45) is -1.19. The fourth-order valence-electron chi connectivity index (χ4n) is 2.67. The predicted molar refractivity (Wildman–Crippen MR) is 96.2 cm³/mol. The second-order valence-corrected chi connectivity index (χ2v) is 6.07. The van der Waals surface area contributed by atoms with Crippen molar-refractivity contribution < 1.29 is 14.9 Å². The molecular weight excluding hydrogens is 302 g/mol. The van der Waals surface area contributed by atoms with E-state index in [1.807, 2.05) is 62.4 Å². The van der Waals surface area contributed by atoms with Crippen molar-refractivity contribution in [2.75, 3.05) is 26.7 Å². The van der Waals surface area contributed by atoms with E-state index in [2.05, 4.69) is 4.90 Å². The Bertz CT molecular complexity index is 627. The zero-order valence-corrected chi connectivity index (χ0v) is 14.6. The third-order valence-electron chi connectivity index (χ3n) is 4.25. The van der Waals surface area contributed by atoms with Gasteiger partial charge < -0.3 is 14.9 Å². The van der Waals surface area contributed by atoms with E-state index in [0.717, 1.165) is 23.4 Å². The summed E-state index contributed by atoms with van der Waals surface area (Å²) in [5, 5.41) is 20.9. The summed E-state index contributed by atoms with van der Waals surface area (Å²) in [6.45, 7) is 5.76. The lowest BCUT2D eigenvalue weighted by molar-refractivity contribution is 0.0717. The Morgan fingerprint density at radius 1 is 0.958 bits per heavy atom. The number of methoxy groups -OCH3 is 1. The van der Waals surface area contributed by atoms with Crippen LogP contribution in [0.25, 0.3) is 0 Å². The average Bonchev–Trinajstić information content (AvgIpc) is 2.61. The summed E-state index contributed by atoms with van der Waals surface area (Å²) in [5.41, 5.74) is 2.89. The SMILES string of the molecule is CCN(CC(O)c1ccc(C)cc1)CC(O)c1cccc(OC)c1. The monoisotopic (exact) mass is 329 g/mol. The molecule has 24 heavy (non-hydrogen) atoms. The molecule has 0 aliphatic carbocycles. The van der Waals surface area contributed by atoms with E-state index >= 15 is 0 Å². The minimum Gasteiger partial charge on any atom is -0.497 e. The van der Waals surface area contributed by atoms with Crippen LogP contribution in [0.4, 0.5) is 0 Å². The van der Waals surface area contributed by atoms with Crippen LogP contribution >= 0.6 is 0 Å². The molecule has 0 fully saturated rings. The summed E-state index contributed by atoms with van der Waals surface area (Å²) in [6, 6.07) is 15.4. The summed E-state index contributed by atoms with van der Waals surface area (Å²) in [5.74, 6) is 0.731. The second-order valence-electron chi connectivity index (χ2n) is 6.07. The van der Waals surface area contributed by atoms with Crippen LogP contribution in [0.2, 0.25) is 0 Å². The summed E-state index contributed by atoms with van der Waals surface area (Å²) < 4.78 is 5.20. The minimum atomic E-state index is -0.620. The van der Waals surface area contributed by atoms with Gasteiger partial charge in [0.25, 0.3) is 0 Å². The van der Waals surface area contributed by atoms with Crippen LogP contribution in [0.1, 0.15) is 35.8 Å². The molecule has 4 nitrogen and oxygen atoms in total. The van der Waals surface area contributed by atoms with Gasteiger partial charge in [-0.3, -0.25) is 4.90 Å². The van der Waals surface area contributed by atoms with Gasteiger partial charge in [0, 0.05) is 13.1 Å². The highest BCUT2D eigenvalue weighted by Gasteiger charge is 2.17. The molecule has 2 aromatic carbocycles. The van der Waals surface area contributed by atoms with Gasteiger partial charge >= 0.3 is 0 Å². The van der Waals surface area contributed by atoms with Gasteiger partial charge in [0.2, 0.25) is 0 Å². The molecule has 0 radical (unpaired) electrons. The highest BCUT2D eigenvalue weighted by atomic mass is 16.5. The number of aryl methyl sites for hydroxylation is 1. The molecule has 0 aliphatic rings. The maximum Gasteiger partial charge on any atom is 0.119 e. The quantitative estimate of drug-likeness (QED) is 0.781. The molecule has 4 heteroatoms. The van der Waals surface area contributed by atoms with Crippen LogP contribution in [-0.2, 0) is 0 Å². The van der Waals surface area contributed by atoms with Crippen LogP contribution in [0.15, 0.2) is 48.5 Å². The first kappa shape index (κ1) is 18.5. The molecule has 2 aromatic rings. The van der Waals surface area contributed by atoms with E-state index < -0.39 is 12.2 Å². The fraction of sp³-hybridized carbons (Fsp3) is 0.400. The Morgan fingerprint density at radius 3 is 2.17 bits per heavy atom. The van der Waals surface area contributed by atoms with Gasteiger partial charge in [-0.15, -0.1) is 0 Å². The molecule has 0 heterocycles. The standard InChI is InChI=1S/C20H27NO3/c1-4-21(13-19(22)16-10-8-15(2)9-11-16)14-20(23)17-6-5-7-18(12-17)24-3/h5-12,19-20,22-23H,4,13-14H2,1-3H3. The zero-order chi connectivity index (χ0) is 17.5. The zero-order valence-electron chi connectivity index (χ0n) is 14.6. The smallest absolute Gasteiger partial charge is 0.119 e. The molecule has 0 bridgehead atoms. The second kappa shape index (κ2) is 8.83. The average molecular weight is 329 g/mol. The van der Waals surface area contributed by atoms with Crippen molar-refractivity contribution in [2.24, 2.45) is 0 Å². The van der Waals surface area contributed by atoms with Crippen LogP contribution in [0.5, 0.6) is 5.75 Å². The molecule has 2 unspecified atom stereocenters. The molecule has 0 saturated carbocycles. The van der Waals surface area contributed by atoms with E-state index in [1.165, 1.54) is 5.56 Å². The molecule has 0 amide bonds. The third kappa shape index (κ3) is 5.06. The number of hydrogen-bond donors (Lipinski definition) is 2. The number of aliphatic hydroxyl groups is 2. The summed E-state index contributed by atoms with van der Waals surface area (Å²) in [4.78, 5) is 2.05. The first-order chi connectivity index (χ1) is 11.5. The fourth-order valence-corrected chi connectivity index (χ4v) is 2.67. The Morgan fingerprint density at radius 2 is 1.58 bits per heavy atom. The van der Waals surface area contributed by atoms with Crippen LogP contribution in [-0.4, -0.2) is 41.9 Å². The molecule has 0 aliphatic heterocycles. The van der Waals surface area contributed by atoms with Gasteiger partial charge in [0.05, 0.1) is 19.3 Å². The Labute approximate surface area is 144 Å².